The van der Waals surface area contributed by atoms with Gasteiger partial charge in [-0.15, -0.1) is 47.2 Å². The first-order valence-corrected chi connectivity index (χ1v) is 5.93. The van der Waals surface area contributed by atoms with Gasteiger partial charge in [-0.25, -0.2) is 0 Å². The Hall–Kier alpha value is 2.06. The lowest BCUT2D eigenvalue weighted by atomic mass is 10.5. The average molecular weight is 367 g/mol. The number of rotatable bonds is 2. The van der Waals surface area contributed by atoms with E-state index in [1.807, 2.05) is 0 Å². The first-order valence-electron chi connectivity index (χ1n) is 2.91. The second-order valence-electron chi connectivity index (χ2n) is 1.81. The van der Waals surface area contributed by atoms with Crippen LogP contribution in [0.3, 0.4) is 0 Å². The van der Waals surface area contributed by atoms with Crippen molar-refractivity contribution in [3.05, 3.63) is 11.6 Å². The monoisotopic (exact) mass is 363 g/mol. The van der Waals surface area contributed by atoms with Crippen LogP contribution >= 0.6 is 93.6 Å². The fourth-order valence-electron chi connectivity index (χ4n) is 0.0875. The minimum absolute atomic E-state index is 0. The van der Waals surface area contributed by atoms with Gasteiger partial charge in [-0.2, -0.15) is 0 Å². The smallest absolute Gasteiger partial charge is 0.147 e. The van der Waals surface area contributed by atoms with E-state index in [1.165, 1.54) is 0 Å². The molecule has 0 aromatic rings. The van der Waals surface area contributed by atoms with Crippen molar-refractivity contribution >= 4 is 93.6 Å². The van der Waals surface area contributed by atoms with E-state index in [1.54, 1.807) is 0 Å². The summed E-state index contributed by atoms with van der Waals surface area (Å²) in [5, 5.41) is -0.124. The summed E-state index contributed by atoms with van der Waals surface area (Å²) in [6.07, 6.45) is 0. The summed E-state index contributed by atoms with van der Waals surface area (Å²) >= 11 is 36.8. The molecule has 0 aliphatic rings. The molecule has 0 aromatic heterocycles. The summed E-state index contributed by atoms with van der Waals surface area (Å²) in [5.41, 5.74) is 0. The SMILES string of the molecule is C=C(Cl)CCl.Cl.ClCC(Cl)C(Cl)(Cl)Cl.[2HH]. The zero-order chi connectivity index (χ0) is 11.1. The van der Waals surface area contributed by atoms with E-state index in [4.69, 9.17) is 81.2 Å². The van der Waals surface area contributed by atoms with Crippen molar-refractivity contribution in [1.82, 2.24) is 0 Å². The van der Waals surface area contributed by atoms with Gasteiger partial charge in [0.1, 0.15) is 0 Å². The number of halogens is 8. The summed E-state index contributed by atoms with van der Waals surface area (Å²) in [4.78, 5) is 0. The van der Waals surface area contributed by atoms with Crippen LogP contribution in [0.1, 0.15) is 1.43 Å². The van der Waals surface area contributed by atoms with Gasteiger partial charge in [0, 0.05) is 12.3 Å². The molecule has 0 saturated carbocycles. The molecule has 0 saturated heterocycles. The lowest BCUT2D eigenvalue weighted by molar-refractivity contribution is 0.993. The molecule has 0 aromatic carbocycles. The van der Waals surface area contributed by atoms with Crippen LogP contribution < -0.4 is 0 Å². The van der Waals surface area contributed by atoms with Crippen molar-refractivity contribution < 1.29 is 1.43 Å². The molecule has 0 aliphatic carbocycles. The Kier molecular flexibility index (Phi) is 17.6. The van der Waals surface area contributed by atoms with Gasteiger partial charge in [-0.1, -0.05) is 53.0 Å². The van der Waals surface area contributed by atoms with Crippen molar-refractivity contribution in [3.8, 4) is 0 Å². The predicted octanol–water partition coefficient (Wildman–Crippen LogP) is 5.85. The third kappa shape index (κ3) is 16.5. The van der Waals surface area contributed by atoms with Gasteiger partial charge in [-0.3, -0.25) is 0 Å². The normalized spacial score (nSPS) is 11.9. The number of allylic oxidation sites excluding steroid dienone is 1. The number of alkyl halides is 6. The topological polar surface area (TPSA) is 0 Å². The lowest BCUT2D eigenvalue weighted by Gasteiger charge is -2.13. The van der Waals surface area contributed by atoms with Gasteiger partial charge < -0.3 is 0 Å². The van der Waals surface area contributed by atoms with Crippen molar-refractivity contribution in [2.45, 2.75) is 9.17 Å². The van der Waals surface area contributed by atoms with E-state index in [9.17, 15) is 0 Å². The molecule has 0 fully saturated rings. The zero-order valence-corrected chi connectivity index (χ0v) is 12.9. The molecular weight excluding hydrogens is 356 g/mol. The standard InChI is InChI=1S/C3H3Cl5.C3H4Cl2.ClH.H2/c4-1-2(5)3(6,7)8;1-3(5)2-4;;/h2H,1H2;1-2H2;2*1H/i;;;1+1. The van der Waals surface area contributed by atoms with E-state index in [0.717, 1.165) is 0 Å². The fourth-order valence-corrected chi connectivity index (χ4v) is 0.787. The summed E-state index contributed by atoms with van der Waals surface area (Å²) in [7, 11) is 0. The van der Waals surface area contributed by atoms with E-state index in [0.29, 0.717) is 10.9 Å². The Morgan fingerprint density at radius 1 is 1.29 bits per heavy atom. The molecule has 0 bridgehead atoms. The fraction of sp³-hybridized carbons (Fsp3) is 0.667. The van der Waals surface area contributed by atoms with Gasteiger partial charge >= 0.3 is 0 Å². The van der Waals surface area contributed by atoms with Crippen LogP contribution in [-0.4, -0.2) is 20.9 Å². The van der Waals surface area contributed by atoms with Gasteiger partial charge in [0.05, 0.1) is 11.3 Å². The highest BCUT2D eigenvalue weighted by Crippen LogP contribution is 2.34. The number of hydrogen-bond donors (Lipinski definition) is 0. The van der Waals surface area contributed by atoms with Crippen LogP contribution in [0, 0.1) is 0 Å². The van der Waals surface area contributed by atoms with Gasteiger partial charge in [-0.05, 0) is 0 Å². The van der Waals surface area contributed by atoms with Gasteiger partial charge in [0.15, 0.2) is 0 Å². The second-order valence-corrected chi connectivity index (χ2v) is 5.82. The van der Waals surface area contributed by atoms with Gasteiger partial charge in [0.2, 0.25) is 3.79 Å². The highest BCUT2D eigenvalue weighted by molar-refractivity contribution is 6.70. The molecule has 1 atom stereocenters. The van der Waals surface area contributed by atoms with Crippen LogP contribution in [-0.2, 0) is 0 Å². The van der Waals surface area contributed by atoms with Crippen LogP contribution in [0.2, 0.25) is 0 Å². The molecule has 0 heterocycles. The van der Waals surface area contributed by atoms with Crippen LogP contribution in [0.25, 0.3) is 0 Å². The van der Waals surface area contributed by atoms with Crippen LogP contribution in [0.4, 0.5) is 0 Å². The van der Waals surface area contributed by atoms with E-state index >= 15 is 0 Å². The molecule has 0 nitrogen and oxygen atoms in total. The van der Waals surface area contributed by atoms with Crippen LogP contribution in [0.15, 0.2) is 11.6 Å². The summed E-state index contributed by atoms with van der Waals surface area (Å²) in [5.74, 6) is 0.486. The lowest BCUT2D eigenvalue weighted by Crippen LogP contribution is -2.20. The molecule has 0 N–H and O–H groups in total. The molecule has 8 heteroatoms. The molecule has 90 valence electrons. The molecular formula is C6H10Cl8. The minimum Gasteiger partial charge on any atom is -0.147 e. The first-order chi connectivity index (χ1) is 5.75. The maximum absolute atomic E-state index is 5.41. The summed E-state index contributed by atoms with van der Waals surface area (Å²) in [6, 6.07) is 0. The first kappa shape index (κ1) is 21.4. The predicted molar refractivity (Wildman–Crippen MR) is 75.7 cm³/mol. The third-order valence-electron chi connectivity index (χ3n) is 0.636. The van der Waals surface area contributed by atoms with E-state index < -0.39 is 9.17 Å². The maximum Gasteiger partial charge on any atom is 0.207 e. The van der Waals surface area contributed by atoms with Crippen molar-refractivity contribution in [1.29, 1.82) is 0 Å². The zero-order valence-electron chi connectivity index (χ0n) is 6.75. The van der Waals surface area contributed by atoms with E-state index in [-0.39, 0.29) is 19.7 Å². The van der Waals surface area contributed by atoms with Crippen molar-refractivity contribution in [3.63, 3.8) is 0 Å². The van der Waals surface area contributed by atoms with Gasteiger partial charge in [0.25, 0.3) is 0 Å². The summed E-state index contributed by atoms with van der Waals surface area (Å²) in [6.45, 7) is 3.31. The highest BCUT2D eigenvalue weighted by atomic mass is 35.6. The quantitative estimate of drug-likeness (QED) is 0.538. The molecule has 0 spiro atoms. The Labute approximate surface area is 127 Å². The largest absolute Gasteiger partial charge is 0.207 e. The summed E-state index contributed by atoms with van der Waals surface area (Å²) < 4.78 is -1.44. The van der Waals surface area contributed by atoms with Crippen LogP contribution in [0.5, 0.6) is 0 Å². The molecule has 14 heavy (non-hydrogen) atoms. The van der Waals surface area contributed by atoms with E-state index in [2.05, 4.69) is 6.58 Å². The van der Waals surface area contributed by atoms with Crippen molar-refractivity contribution in [2.75, 3.05) is 11.8 Å². The average Bonchev–Trinajstić information content (AvgIpc) is 2.02. The molecule has 0 aliphatic heterocycles. The molecule has 0 radical (unpaired) electrons. The highest BCUT2D eigenvalue weighted by Gasteiger charge is 2.29. The molecule has 0 rings (SSSR count). The Balaban J connectivity index is -0.0000000770. The Morgan fingerprint density at radius 3 is 1.57 bits per heavy atom. The number of hydrogen-bond acceptors (Lipinski definition) is 0. The Bertz CT molecular complexity index is 145. The third-order valence-corrected chi connectivity index (χ3v) is 3.30. The second kappa shape index (κ2) is 11.5. The minimum atomic E-state index is -1.44. The van der Waals surface area contributed by atoms with Crippen molar-refractivity contribution in [2.24, 2.45) is 0 Å². The molecule has 0 amide bonds. The maximum atomic E-state index is 5.41. The molecule has 1 unspecified atom stereocenters. The Morgan fingerprint density at radius 2 is 1.57 bits per heavy atom.